The molecule has 268 valence electrons. The van der Waals surface area contributed by atoms with Gasteiger partial charge in [-0.1, -0.05) is 41.9 Å². The van der Waals surface area contributed by atoms with Gasteiger partial charge in [0.05, 0.1) is 30.4 Å². The lowest BCUT2D eigenvalue weighted by atomic mass is 9.88. The molecule has 0 aliphatic carbocycles. The summed E-state index contributed by atoms with van der Waals surface area (Å²) in [5.41, 5.74) is 12.4. The smallest absolute Gasteiger partial charge is 0.315 e. The molecule has 51 heavy (non-hydrogen) atoms. The number of hydrogen-bond donors (Lipinski definition) is 2. The summed E-state index contributed by atoms with van der Waals surface area (Å²) in [6.07, 6.45) is 4.54. The Labute approximate surface area is 304 Å². The maximum absolute atomic E-state index is 12.5. The zero-order valence-corrected chi connectivity index (χ0v) is 30.2. The molecule has 4 aromatic rings. The quantitative estimate of drug-likeness (QED) is 0.0974. The van der Waals surface area contributed by atoms with E-state index < -0.39 is 5.41 Å². The van der Waals surface area contributed by atoms with Gasteiger partial charge in [0, 0.05) is 49.2 Å². The zero-order valence-electron chi connectivity index (χ0n) is 29.4. The van der Waals surface area contributed by atoms with Crippen LogP contribution in [0.5, 0.6) is 17.2 Å². The number of nitrogens with two attached hydrogens (primary N) is 1. The van der Waals surface area contributed by atoms with Crippen LogP contribution in [0.25, 0.3) is 11.1 Å². The highest BCUT2D eigenvalue weighted by atomic mass is 35.5. The molecule has 1 unspecified atom stereocenters. The number of carbonyl (C=O) groups excluding carboxylic acids is 1. The van der Waals surface area contributed by atoms with Crippen molar-refractivity contribution < 1.29 is 28.8 Å². The van der Waals surface area contributed by atoms with E-state index in [0.29, 0.717) is 48.3 Å². The van der Waals surface area contributed by atoms with Crippen molar-refractivity contribution >= 4 is 17.6 Å². The van der Waals surface area contributed by atoms with E-state index >= 15 is 0 Å². The normalized spacial score (nSPS) is 15.7. The molecular formula is C40H45ClN4O6. The SMILES string of the molecule is CCOC(=O)C1(CO)CCN(CCCOc2cccc(-c3cccc(COc4cc(OCc5cncc(C#N)c5)c(CN)cc4Cl)c3C)c2C)C1. The van der Waals surface area contributed by atoms with Crippen LogP contribution in [0.3, 0.4) is 0 Å². The average Bonchev–Trinajstić information content (AvgIpc) is 3.58. The van der Waals surface area contributed by atoms with Crippen LogP contribution in [-0.2, 0) is 29.3 Å². The number of nitrogens with zero attached hydrogens (tertiary/aromatic N) is 3. The van der Waals surface area contributed by atoms with Gasteiger partial charge in [-0.3, -0.25) is 9.78 Å². The van der Waals surface area contributed by atoms with E-state index in [2.05, 4.69) is 41.9 Å². The molecule has 11 heteroatoms. The second-order valence-electron chi connectivity index (χ2n) is 12.8. The average molecular weight is 713 g/mol. The second kappa shape index (κ2) is 17.5. The predicted octanol–water partition coefficient (Wildman–Crippen LogP) is 6.52. The fourth-order valence-electron chi connectivity index (χ4n) is 6.38. The molecule has 1 aliphatic rings. The third kappa shape index (κ3) is 8.99. The van der Waals surface area contributed by atoms with Crippen LogP contribution < -0.4 is 19.9 Å². The molecule has 1 saturated heterocycles. The van der Waals surface area contributed by atoms with Gasteiger partial charge in [0.2, 0.25) is 0 Å². The number of pyridine rings is 1. The van der Waals surface area contributed by atoms with E-state index in [1.54, 1.807) is 31.3 Å². The Balaban J connectivity index is 1.22. The minimum absolute atomic E-state index is 0.206. The maximum Gasteiger partial charge on any atom is 0.315 e. The van der Waals surface area contributed by atoms with Crippen molar-refractivity contribution in [2.75, 3.05) is 39.5 Å². The molecule has 1 aromatic heterocycles. The number of benzene rings is 3. The van der Waals surface area contributed by atoms with Gasteiger partial charge in [0.25, 0.3) is 0 Å². The van der Waals surface area contributed by atoms with E-state index in [1.807, 2.05) is 24.3 Å². The molecule has 3 aromatic carbocycles. The minimum atomic E-state index is -0.830. The highest BCUT2D eigenvalue weighted by molar-refractivity contribution is 6.32. The first-order chi connectivity index (χ1) is 24.7. The molecule has 0 bridgehead atoms. The third-order valence-electron chi connectivity index (χ3n) is 9.38. The van der Waals surface area contributed by atoms with Crippen molar-refractivity contribution in [3.05, 3.63) is 105 Å². The summed E-state index contributed by atoms with van der Waals surface area (Å²) in [6.45, 7) is 9.28. The molecule has 5 rings (SSSR count). The van der Waals surface area contributed by atoms with Crippen LogP contribution >= 0.6 is 11.6 Å². The third-order valence-corrected chi connectivity index (χ3v) is 9.67. The minimum Gasteiger partial charge on any atom is -0.493 e. The maximum atomic E-state index is 12.5. The number of carbonyl (C=O) groups is 1. The number of aliphatic hydroxyl groups excluding tert-OH is 1. The molecule has 1 atom stereocenters. The summed E-state index contributed by atoms with van der Waals surface area (Å²) in [6, 6.07) is 19.6. The van der Waals surface area contributed by atoms with Gasteiger partial charge >= 0.3 is 5.97 Å². The topological polar surface area (TPSA) is 140 Å². The van der Waals surface area contributed by atoms with E-state index in [9.17, 15) is 15.2 Å². The van der Waals surface area contributed by atoms with E-state index in [0.717, 1.165) is 64.2 Å². The van der Waals surface area contributed by atoms with E-state index in [4.69, 9.17) is 36.3 Å². The van der Waals surface area contributed by atoms with Gasteiger partial charge < -0.3 is 34.7 Å². The number of aliphatic hydroxyl groups is 1. The van der Waals surface area contributed by atoms with Crippen molar-refractivity contribution in [1.82, 2.24) is 9.88 Å². The lowest BCUT2D eigenvalue weighted by molar-refractivity contribution is -0.157. The number of nitriles is 1. The predicted molar refractivity (Wildman–Crippen MR) is 196 cm³/mol. The number of esters is 1. The lowest BCUT2D eigenvalue weighted by Crippen LogP contribution is -2.39. The molecule has 3 N–H and O–H groups in total. The number of likely N-dealkylation sites (tertiary alicyclic amines) is 1. The number of rotatable bonds is 16. The number of hydrogen-bond acceptors (Lipinski definition) is 10. The monoisotopic (exact) mass is 712 g/mol. The first-order valence-electron chi connectivity index (χ1n) is 17.2. The lowest BCUT2D eigenvalue weighted by Gasteiger charge is -2.24. The Bertz CT molecular complexity index is 1880. The standard InChI is InChI=1S/C40H45ClN4O6/c1-4-48-39(47)40(26-46)12-14-45(25-40)13-7-15-49-36-11-6-10-34(28(36)3)33-9-5-8-31(27(33)2)24-51-38-18-37(32(20-43)17-35(38)41)50-23-30-16-29(19-42)21-44-22-30/h5-6,8-11,16-18,21-22,46H,4,7,12-15,20,23-26,43H2,1-3H3. The van der Waals surface area contributed by atoms with Gasteiger partial charge in [0.1, 0.15) is 41.9 Å². The Kier molecular flexibility index (Phi) is 12.9. The summed E-state index contributed by atoms with van der Waals surface area (Å²) in [7, 11) is 0. The molecule has 0 radical (unpaired) electrons. The van der Waals surface area contributed by atoms with Crippen LogP contribution in [0.2, 0.25) is 5.02 Å². The summed E-state index contributed by atoms with van der Waals surface area (Å²) >= 11 is 6.61. The molecule has 1 aliphatic heterocycles. The zero-order chi connectivity index (χ0) is 36.4. The molecular weight excluding hydrogens is 668 g/mol. The second-order valence-corrected chi connectivity index (χ2v) is 13.2. The van der Waals surface area contributed by atoms with Gasteiger partial charge in [-0.15, -0.1) is 0 Å². The molecule has 0 saturated carbocycles. The van der Waals surface area contributed by atoms with Crippen molar-refractivity contribution in [2.24, 2.45) is 11.1 Å². The summed E-state index contributed by atoms with van der Waals surface area (Å²) in [5.74, 6) is 1.53. The van der Waals surface area contributed by atoms with Crippen molar-refractivity contribution in [2.45, 2.75) is 53.4 Å². The summed E-state index contributed by atoms with van der Waals surface area (Å²) in [5, 5.41) is 19.6. The Morgan fingerprint density at radius 2 is 1.76 bits per heavy atom. The van der Waals surface area contributed by atoms with Crippen LogP contribution in [-0.4, -0.2) is 60.4 Å². The Hall–Kier alpha value is -4.66. The van der Waals surface area contributed by atoms with Gasteiger partial charge in [0.15, 0.2) is 0 Å². The number of ether oxygens (including phenoxy) is 4. The van der Waals surface area contributed by atoms with Crippen molar-refractivity contribution in [3.8, 4) is 34.4 Å². The highest BCUT2D eigenvalue weighted by Gasteiger charge is 2.45. The number of aromatic nitrogens is 1. The Morgan fingerprint density at radius 3 is 2.51 bits per heavy atom. The van der Waals surface area contributed by atoms with Gasteiger partial charge in [-0.2, -0.15) is 5.26 Å². The fourth-order valence-corrected chi connectivity index (χ4v) is 6.62. The van der Waals surface area contributed by atoms with E-state index in [-0.39, 0.29) is 32.3 Å². The molecule has 2 heterocycles. The van der Waals surface area contributed by atoms with Crippen LogP contribution in [0, 0.1) is 30.6 Å². The first kappa shape index (κ1) is 37.6. The van der Waals surface area contributed by atoms with E-state index in [1.165, 1.54) is 6.20 Å². The van der Waals surface area contributed by atoms with Crippen LogP contribution in [0.1, 0.15) is 53.1 Å². The van der Waals surface area contributed by atoms with Gasteiger partial charge in [-0.25, -0.2) is 0 Å². The molecule has 1 fully saturated rings. The Morgan fingerprint density at radius 1 is 1.00 bits per heavy atom. The van der Waals surface area contributed by atoms with Crippen LogP contribution in [0.4, 0.5) is 0 Å². The fraction of sp³-hybridized carbons (Fsp3) is 0.375. The highest BCUT2D eigenvalue weighted by Crippen LogP contribution is 2.36. The molecule has 0 amide bonds. The van der Waals surface area contributed by atoms with Gasteiger partial charge in [-0.05, 0) is 86.2 Å². The van der Waals surface area contributed by atoms with Crippen molar-refractivity contribution in [1.29, 1.82) is 5.26 Å². The molecule has 10 nitrogen and oxygen atoms in total. The largest absolute Gasteiger partial charge is 0.493 e. The summed E-state index contributed by atoms with van der Waals surface area (Å²) < 4.78 is 23.8. The first-order valence-corrected chi connectivity index (χ1v) is 17.5. The summed E-state index contributed by atoms with van der Waals surface area (Å²) in [4.78, 5) is 18.7. The van der Waals surface area contributed by atoms with Crippen LogP contribution in [0.15, 0.2) is 67.0 Å². The molecule has 0 spiro atoms. The van der Waals surface area contributed by atoms with Crippen molar-refractivity contribution in [3.63, 3.8) is 0 Å². The number of halogens is 1.